The van der Waals surface area contributed by atoms with Gasteiger partial charge in [-0.05, 0) is 31.8 Å². The van der Waals surface area contributed by atoms with Crippen molar-refractivity contribution < 1.29 is 0 Å². The zero-order valence-corrected chi connectivity index (χ0v) is 11.7. The Bertz CT molecular complexity index is 478. The van der Waals surface area contributed by atoms with Crippen molar-refractivity contribution >= 4 is 0 Å². The summed E-state index contributed by atoms with van der Waals surface area (Å²) in [5.74, 6) is 0. The van der Waals surface area contributed by atoms with Gasteiger partial charge < -0.3 is 5.32 Å². The molecule has 0 atom stereocenters. The van der Waals surface area contributed by atoms with Gasteiger partial charge in [-0.2, -0.15) is 5.10 Å². The van der Waals surface area contributed by atoms with Crippen LogP contribution in [0, 0.1) is 0 Å². The monoisotopic (exact) mass is 258 g/mol. The van der Waals surface area contributed by atoms with Crippen molar-refractivity contribution in [3.8, 4) is 5.69 Å². The van der Waals surface area contributed by atoms with Crippen molar-refractivity contribution in [2.24, 2.45) is 0 Å². The molecule has 2 rings (SSSR count). The fourth-order valence-electron chi connectivity index (χ4n) is 1.97. The van der Waals surface area contributed by atoms with Gasteiger partial charge in [0.2, 0.25) is 0 Å². The lowest BCUT2D eigenvalue weighted by Crippen LogP contribution is -2.28. The van der Waals surface area contributed by atoms with E-state index < -0.39 is 0 Å². The van der Waals surface area contributed by atoms with Gasteiger partial charge in [-0.25, -0.2) is 4.68 Å². The smallest absolute Gasteiger partial charge is 0.0769 e. The van der Waals surface area contributed by atoms with Crippen LogP contribution in [0.4, 0.5) is 0 Å². The Balaban J connectivity index is 1.91. The molecule has 1 heterocycles. The molecule has 0 radical (unpaired) electrons. The van der Waals surface area contributed by atoms with Gasteiger partial charge in [-0.3, -0.25) is 4.90 Å². The standard InChI is InChI=1S/C15H22N4/c1-3-16-10-12-18(2)13-14-9-11-19(17-14)15-7-5-4-6-8-15/h4-9,11,16H,3,10,12-13H2,1-2H3. The van der Waals surface area contributed by atoms with Crippen molar-refractivity contribution in [1.82, 2.24) is 20.0 Å². The first-order valence-electron chi connectivity index (χ1n) is 6.79. The fourth-order valence-corrected chi connectivity index (χ4v) is 1.97. The highest BCUT2D eigenvalue weighted by Crippen LogP contribution is 2.07. The van der Waals surface area contributed by atoms with Crippen molar-refractivity contribution in [1.29, 1.82) is 0 Å². The molecule has 19 heavy (non-hydrogen) atoms. The van der Waals surface area contributed by atoms with Crippen LogP contribution in [0.5, 0.6) is 0 Å². The number of nitrogens with one attached hydrogen (secondary N) is 1. The third kappa shape index (κ3) is 4.19. The molecule has 0 saturated heterocycles. The topological polar surface area (TPSA) is 33.1 Å². The summed E-state index contributed by atoms with van der Waals surface area (Å²) in [7, 11) is 2.12. The predicted octanol–water partition coefficient (Wildman–Crippen LogP) is 1.91. The quantitative estimate of drug-likeness (QED) is 0.770. The van der Waals surface area contributed by atoms with E-state index >= 15 is 0 Å². The molecule has 102 valence electrons. The number of aromatic nitrogens is 2. The van der Waals surface area contributed by atoms with Gasteiger partial charge in [-0.1, -0.05) is 25.1 Å². The molecule has 2 aromatic rings. The third-order valence-electron chi connectivity index (χ3n) is 3.02. The molecule has 0 aliphatic rings. The van der Waals surface area contributed by atoms with Crippen LogP contribution in [0.3, 0.4) is 0 Å². The maximum absolute atomic E-state index is 4.60. The van der Waals surface area contributed by atoms with E-state index in [0.29, 0.717) is 0 Å². The molecule has 0 aliphatic carbocycles. The van der Waals surface area contributed by atoms with Gasteiger partial charge in [0.15, 0.2) is 0 Å². The summed E-state index contributed by atoms with van der Waals surface area (Å²) in [6.07, 6.45) is 2.02. The Kier molecular flexibility index (Phi) is 5.12. The molecule has 4 heteroatoms. The zero-order valence-electron chi connectivity index (χ0n) is 11.7. The Morgan fingerprint density at radius 3 is 2.74 bits per heavy atom. The minimum absolute atomic E-state index is 0.880. The lowest BCUT2D eigenvalue weighted by molar-refractivity contribution is 0.321. The molecule has 0 saturated carbocycles. The molecule has 1 N–H and O–H groups in total. The Labute approximate surface area is 115 Å². The lowest BCUT2D eigenvalue weighted by Gasteiger charge is -2.15. The Morgan fingerprint density at radius 1 is 1.21 bits per heavy atom. The number of benzene rings is 1. The first kappa shape index (κ1) is 13.8. The molecule has 4 nitrogen and oxygen atoms in total. The SMILES string of the molecule is CCNCCN(C)Cc1ccn(-c2ccccc2)n1. The second-order valence-corrected chi connectivity index (χ2v) is 4.68. The van der Waals surface area contributed by atoms with E-state index in [9.17, 15) is 0 Å². The lowest BCUT2D eigenvalue weighted by atomic mass is 10.3. The van der Waals surface area contributed by atoms with Gasteiger partial charge in [0, 0.05) is 25.8 Å². The minimum atomic E-state index is 0.880. The molecule has 1 aromatic heterocycles. The minimum Gasteiger partial charge on any atom is -0.316 e. The highest BCUT2D eigenvalue weighted by Gasteiger charge is 2.04. The van der Waals surface area contributed by atoms with E-state index in [-0.39, 0.29) is 0 Å². The normalized spacial score (nSPS) is 11.1. The molecule has 0 bridgehead atoms. The highest BCUT2D eigenvalue weighted by molar-refractivity contribution is 5.30. The van der Waals surface area contributed by atoms with Crippen LogP contribution >= 0.6 is 0 Å². The number of rotatable bonds is 7. The Hall–Kier alpha value is -1.65. The van der Waals surface area contributed by atoms with E-state index in [1.165, 1.54) is 0 Å². The van der Waals surface area contributed by atoms with Crippen LogP contribution in [0.15, 0.2) is 42.6 Å². The highest BCUT2D eigenvalue weighted by atomic mass is 15.3. The summed E-state index contributed by atoms with van der Waals surface area (Å²) in [6.45, 7) is 6.08. The first-order chi connectivity index (χ1) is 9.29. The summed E-state index contributed by atoms with van der Waals surface area (Å²) < 4.78 is 1.92. The largest absolute Gasteiger partial charge is 0.316 e. The van der Waals surface area contributed by atoms with Gasteiger partial charge >= 0.3 is 0 Å². The number of likely N-dealkylation sites (N-methyl/N-ethyl adjacent to an activating group) is 2. The predicted molar refractivity (Wildman–Crippen MR) is 78.4 cm³/mol. The summed E-state index contributed by atoms with van der Waals surface area (Å²) in [5, 5.41) is 7.93. The number of nitrogens with zero attached hydrogens (tertiary/aromatic N) is 3. The van der Waals surface area contributed by atoms with Crippen LogP contribution in [-0.2, 0) is 6.54 Å². The molecular weight excluding hydrogens is 236 g/mol. The van der Waals surface area contributed by atoms with Crippen molar-refractivity contribution in [3.63, 3.8) is 0 Å². The van der Waals surface area contributed by atoms with E-state index in [1.54, 1.807) is 0 Å². The maximum atomic E-state index is 4.60. The van der Waals surface area contributed by atoms with Gasteiger partial charge in [0.1, 0.15) is 0 Å². The number of para-hydroxylation sites is 1. The number of hydrogen-bond donors (Lipinski definition) is 1. The van der Waals surface area contributed by atoms with Gasteiger partial charge in [0.05, 0.1) is 11.4 Å². The van der Waals surface area contributed by atoms with Crippen LogP contribution < -0.4 is 5.32 Å². The maximum Gasteiger partial charge on any atom is 0.0769 e. The van der Waals surface area contributed by atoms with Crippen LogP contribution in [0.25, 0.3) is 5.69 Å². The third-order valence-corrected chi connectivity index (χ3v) is 3.02. The van der Waals surface area contributed by atoms with Crippen LogP contribution in [-0.4, -0.2) is 41.4 Å². The summed E-state index contributed by atoms with van der Waals surface area (Å²) >= 11 is 0. The molecular formula is C15H22N4. The van der Waals surface area contributed by atoms with E-state index in [0.717, 1.165) is 37.6 Å². The molecule has 0 spiro atoms. The van der Waals surface area contributed by atoms with Crippen molar-refractivity contribution in [2.45, 2.75) is 13.5 Å². The second kappa shape index (κ2) is 7.07. The average molecular weight is 258 g/mol. The van der Waals surface area contributed by atoms with Crippen LogP contribution in [0.1, 0.15) is 12.6 Å². The fraction of sp³-hybridized carbons (Fsp3) is 0.400. The Morgan fingerprint density at radius 2 is 2.00 bits per heavy atom. The van der Waals surface area contributed by atoms with Gasteiger partial charge in [-0.15, -0.1) is 0 Å². The van der Waals surface area contributed by atoms with Crippen molar-refractivity contribution in [3.05, 3.63) is 48.3 Å². The molecule has 0 fully saturated rings. The summed E-state index contributed by atoms with van der Waals surface area (Å²) in [5.41, 5.74) is 2.20. The molecule has 0 amide bonds. The van der Waals surface area contributed by atoms with Gasteiger partial charge in [0.25, 0.3) is 0 Å². The summed E-state index contributed by atoms with van der Waals surface area (Å²) in [4.78, 5) is 2.28. The zero-order chi connectivity index (χ0) is 13.5. The van der Waals surface area contributed by atoms with Crippen LogP contribution in [0.2, 0.25) is 0 Å². The van der Waals surface area contributed by atoms with E-state index in [2.05, 4.69) is 47.5 Å². The van der Waals surface area contributed by atoms with E-state index in [1.807, 2.05) is 29.1 Å². The molecule has 0 aliphatic heterocycles. The second-order valence-electron chi connectivity index (χ2n) is 4.68. The summed E-state index contributed by atoms with van der Waals surface area (Å²) in [6, 6.07) is 12.3. The van der Waals surface area contributed by atoms with Crippen molar-refractivity contribution in [2.75, 3.05) is 26.7 Å². The number of hydrogen-bond acceptors (Lipinski definition) is 3. The van der Waals surface area contributed by atoms with E-state index in [4.69, 9.17) is 0 Å². The molecule has 1 aromatic carbocycles. The average Bonchev–Trinajstić information content (AvgIpc) is 2.88. The first-order valence-corrected chi connectivity index (χ1v) is 6.79. The molecule has 0 unspecified atom stereocenters.